The predicted octanol–water partition coefficient (Wildman–Crippen LogP) is 1.70. The van der Waals surface area contributed by atoms with Crippen LogP contribution in [0.1, 0.15) is 31.7 Å². The summed E-state index contributed by atoms with van der Waals surface area (Å²) in [6, 6.07) is 9.82. The average Bonchev–Trinajstić information content (AvgIpc) is 2.61. The minimum atomic E-state index is -0.0584. The lowest BCUT2D eigenvalue weighted by Crippen LogP contribution is -2.45. The summed E-state index contributed by atoms with van der Waals surface area (Å²) >= 11 is 0. The van der Waals surface area contributed by atoms with E-state index in [2.05, 4.69) is 10.7 Å². The lowest BCUT2D eigenvalue weighted by Gasteiger charge is -2.29. The molecule has 1 aromatic rings. The summed E-state index contributed by atoms with van der Waals surface area (Å²) in [4.78, 5) is 23.8. The molecule has 0 spiro atoms. The summed E-state index contributed by atoms with van der Waals surface area (Å²) in [5, 5.41) is 4.36. The number of rotatable bonds is 9. The Morgan fingerprint density at radius 2 is 2.12 bits per heavy atom. The average molecular weight is 331 g/mol. The fourth-order valence-electron chi connectivity index (χ4n) is 2.38. The summed E-state index contributed by atoms with van der Waals surface area (Å²) in [7, 11) is 0. The van der Waals surface area contributed by atoms with Crippen molar-refractivity contribution in [1.29, 1.82) is 0 Å². The summed E-state index contributed by atoms with van der Waals surface area (Å²) in [5.41, 5.74) is 5.02. The van der Waals surface area contributed by atoms with Crippen LogP contribution in [0, 0.1) is 0 Å². The van der Waals surface area contributed by atoms with Gasteiger partial charge in [-0.3, -0.25) is 20.0 Å². The van der Waals surface area contributed by atoms with Gasteiger partial charge in [-0.1, -0.05) is 30.3 Å². The Kier molecular flexibility index (Phi) is 7.29. The van der Waals surface area contributed by atoms with Crippen LogP contribution in [-0.2, 0) is 14.3 Å². The first kappa shape index (κ1) is 18.0. The van der Waals surface area contributed by atoms with Crippen LogP contribution in [0.15, 0.2) is 36.4 Å². The van der Waals surface area contributed by atoms with E-state index in [9.17, 15) is 9.59 Å². The number of hydrogen-bond donors (Lipinski definition) is 2. The third-order valence-corrected chi connectivity index (χ3v) is 3.68. The Labute approximate surface area is 142 Å². The summed E-state index contributed by atoms with van der Waals surface area (Å²) < 4.78 is 5.22. The van der Waals surface area contributed by atoms with Gasteiger partial charge in [0.15, 0.2) is 0 Å². The van der Waals surface area contributed by atoms with Crippen molar-refractivity contribution in [2.24, 2.45) is 0 Å². The molecule has 0 aromatic heterocycles. The third kappa shape index (κ3) is 5.70. The summed E-state index contributed by atoms with van der Waals surface area (Å²) in [6.45, 7) is 4.22. The second-order valence-electron chi connectivity index (χ2n) is 5.50. The summed E-state index contributed by atoms with van der Waals surface area (Å²) in [5.74, 6) is -0.0873. The molecule has 2 N–H and O–H groups in total. The number of hydrogen-bond acceptors (Lipinski definition) is 4. The van der Waals surface area contributed by atoms with E-state index in [4.69, 9.17) is 4.74 Å². The van der Waals surface area contributed by atoms with E-state index in [1.165, 1.54) is 5.01 Å². The van der Waals surface area contributed by atoms with Gasteiger partial charge in [-0.05, 0) is 25.0 Å². The molecular formula is C18H25N3O3. The van der Waals surface area contributed by atoms with Crippen molar-refractivity contribution in [2.45, 2.75) is 26.2 Å². The van der Waals surface area contributed by atoms with Crippen LogP contribution in [0.5, 0.6) is 0 Å². The molecule has 2 rings (SSSR count). The van der Waals surface area contributed by atoms with Gasteiger partial charge in [-0.25, -0.2) is 0 Å². The zero-order chi connectivity index (χ0) is 17.2. The second kappa shape index (κ2) is 9.72. The Bertz CT molecular complexity index is 572. The molecule has 1 heterocycles. The first-order valence-electron chi connectivity index (χ1n) is 8.37. The van der Waals surface area contributed by atoms with Gasteiger partial charge in [0.25, 0.3) is 0 Å². The molecule has 0 saturated heterocycles. The molecule has 0 atom stereocenters. The molecule has 0 saturated carbocycles. The van der Waals surface area contributed by atoms with Crippen LogP contribution < -0.4 is 10.7 Å². The van der Waals surface area contributed by atoms with E-state index in [-0.39, 0.29) is 18.2 Å². The number of benzene rings is 1. The fraction of sp³-hybridized carbons (Fsp3) is 0.444. The molecule has 1 aromatic carbocycles. The van der Waals surface area contributed by atoms with E-state index in [1.54, 1.807) is 0 Å². The maximum Gasteiger partial charge on any atom is 0.244 e. The van der Waals surface area contributed by atoms with Crippen molar-refractivity contribution in [1.82, 2.24) is 15.8 Å². The molecule has 6 heteroatoms. The van der Waals surface area contributed by atoms with Crippen molar-refractivity contribution < 1.29 is 14.3 Å². The first-order valence-corrected chi connectivity index (χ1v) is 8.37. The number of carbonyl (C=O) groups is 2. The molecule has 130 valence electrons. The smallest absolute Gasteiger partial charge is 0.244 e. The van der Waals surface area contributed by atoms with Gasteiger partial charge in [0.05, 0.1) is 12.2 Å². The van der Waals surface area contributed by atoms with Gasteiger partial charge in [-0.15, -0.1) is 0 Å². The van der Waals surface area contributed by atoms with Gasteiger partial charge >= 0.3 is 0 Å². The second-order valence-corrected chi connectivity index (χ2v) is 5.50. The number of nitrogens with one attached hydrogen (secondary N) is 2. The van der Waals surface area contributed by atoms with E-state index in [1.807, 2.05) is 43.3 Å². The lowest BCUT2D eigenvalue weighted by molar-refractivity contribution is -0.133. The Morgan fingerprint density at radius 3 is 2.88 bits per heavy atom. The maximum atomic E-state index is 12.0. The van der Waals surface area contributed by atoms with Crippen molar-refractivity contribution in [3.8, 4) is 0 Å². The van der Waals surface area contributed by atoms with E-state index in [0.717, 1.165) is 17.7 Å². The topological polar surface area (TPSA) is 70.7 Å². The highest BCUT2D eigenvalue weighted by Gasteiger charge is 2.20. The van der Waals surface area contributed by atoms with Crippen molar-refractivity contribution in [3.63, 3.8) is 0 Å². The molecule has 0 unspecified atom stereocenters. The van der Waals surface area contributed by atoms with Crippen LogP contribution >= 0.6 is 0 Å². The van der Waals surface area contributed by atoms with Crippen molar-refractivity contribution in [3.05, 3.63) is 42.0 Å². The lowest BCUT2D eigenvalue weighted by atomic mass is 10.1. The monoisotopic (exact) mass is 331 g/mol. The van der Waals surface area contributed by atoms with Gasteiger partial charge in [0.1, 0.15) is 0 Å². The van der Waals surface area contributed by atoms with E-state index < -0.39 is 0 Å². The van der Waals surface area contributed by atoms with Crippen LogP contribution in [0.4, 0.5) is 0 Å². The fourth-order valence-corrected chi connectivity index (χ4v) is 2.38. The highest BCUT2D eigenvalue weighted by atomic mass is 16.5. The van der Waals surface area contributed by atoms with Crippen LogP contribution in [0.25, 0.3) is 5.70 Å². The van der Waals surface area contributed by atoms with Gasteiger partial charge < -0.3 is 10.1 Å². The van der Waals surface area contributed by atoms with Crippen molar-refractivity contribution >= 4 is 17.5 Å². The summed E-state index contributed by atoms with van der Waals surface area (Å²) in [6.07, 6.45) is 3.28. The number of hydrazine groups is 1. The number of ether oxygens (including phenoxy) is 1. The van der Waals surface area contributed by atoms with E-state index >= 15 is 0 Å². The highest BCUT2D eigenvalue weighted by Crippen LogP contribution is 2.16. The van der Waals surface area contributed by atoms with Gasteiger partial charge in [-0.2, -0.15) is 0 Å². The number of amides is 2. The third-order valence-electron chi connectivity index (χ3n) is 3.68. The standard InChI is InChI=1S/C18H25N3O3/c1-2-24-14-6-12-19-17(22)11-13-21-18(23)10-9-16(20-21)15-7-4-3-5-8-15/h3-5,7-9,20H,2,6,10-14H2,1H3,(H,19,22). The van der Waals surface area contributed by atoms with Crippen molar-refractivity contribution in [2.75, 3.05) is 26.3 Å². The molecule has 1 aliphatic heterocycles. The maximum absolute atomic E-state index is 12.0. The van der Waals surface area contributed by atoms with Crippen LogP contribution in [-0.4, -0.2) is 43.1 Å². The molecule has 0 aliphatic carbocycles. The quantitative estimate of drug-likeness (QED) is 0.676. The first-order chi connectivity index (χ1) is 11.7. The zero-order valence-electron chi connectivity index (χ0n) is 14.1. The normalized spacial score (nSPS) is 14.1. The molecule has 2 amide bonds. The van der Waals surface area contributed by atoms with Gasteiger partial charge in [0, 0.05) is 32.6 Å². The SMILES string of the molecule is CCOCCCNC(=O)CCN1NC(c2ccccc2)=CCC1=O. The van der Waals surface area contributed by atoms with Crippen LogP contribution in [0.3, 0.4) is 0 Å². The van der Waals surface area contributed by atoms with E-state index in [0.29, 0.717) is 32.7 Å². The molecule has 6 nitrogen and oxygen atoms in total. The molecule has 0 radical (unpaired) electrons. The number of nitrogens with zero attached hydrogens (tertiary/aromatic N) is 1. The van der Waals surface area contributed by atoms with Gasteiger partial charge in [0.2, 0.25) is 11.8 Å². The molecule has 24 heavy (non-hydrogen) atoms. The Morgan fingerprint density at radius 1 is 1.33 bits per heavy atom. The predicted molar refractivity (Wildman–Crippen MR) is 92.6 cm³/mol. The minimum Gasteiger partial charge on any atom is -0.382 e. The molecule has 0 fully saturated rings. The Hall–Kier alpha value is -2.34. The number of carbonyl (C=O) groups excluding carboxylic acids is 2. The minimum absolute atomic E-state index is 0.0289. The van der Waals surface area contributed by atoms with Crippen LogP contribution in [0.2, 0.25) is 0 Å². The Balaban J connectivity index is 1.75. The largest absolute Gasteiger partial charge is 0.382 e. The molecule has 1 aliphatic rings. The molecule has 0 bridgehead atoms. The molecular weight excluding hydrogens is 306 g/mol. The highest BCUT2D eigenvalue weighted by molar-refractivity contribution is 5.84. The zero-order valence-corrected chi connectivity index (χ0v) is 14.1.